The summed E-state index contributed by atoms with van der Waals surface area (Å²) in [4.78, 5) is 38.8. The number of nitrogens with one attached hydrogen (secondary N) is 1. The molecule has 0 radical (unpaired) electrons. The average Bonchev–Trinajstić information content (AvgIpc) is 2.86. The molecule has 0 spiro atoms. The van der Waals surface area contributed by atoms with Gasteiger partial charge < -0.3 is 10.2 Å². The number of hydrogen-bond donors (Lipinski definition) is 1. The molecule has 1 saturated carbocycles. The zero-order chi connectivity index (χ0) is 27.2. The quantitative estimate of drug-likeness (QED) is 0.369. The number of nitro benzene ring substituents is 1. The van der Waals surface area contributed by atoms with Crippen LogP contribution in [0.5, 0.6) is 0 Å². The van der Waals surface area contributed by atoms with Crippen molar-refractivity contribution in [2.45, 2.75) is 64.6 Å². The lowest BCUT2D eigenvalue weighted by Crippen LogP contribution is -2.53. The standard InChI is InChI=1S/C26H34N4O6S/c1-19-10-7-8-11-21(19)17-28(20(2)26(32)27-22-12-5-4-6-13-22)25(31)18-29(37(3,35)36)23-14-9-15-24(16-23)30(33)34/h7-11,14-16,20,22H,4-6,12-13,17-18H2,1-3H3,(H,27,32). The highest BCUT2D eigenvalue weighted by molar-refractivity contribution is 7.92. The van der Waals surface area contributed by atoms with Crippen LogP contribution in [0, 0.1) is 17.0 Å². The van der Waals surface area contributed by atoms with E-state index in [-0.39, 0.29) is 29.9 Å². The SMILES string of the molecule is Cc1ccccc1CN(C(=O)CN(c1cccc([N+](=O)[O-])c1)S(C)(=O)=O)C(C)C(=O)NC1CCCCC1. The Balaban J connectivity index is 1.91. The molecule has 1 atom stereocenters. The third kappa shape index (κ3) is 7.51. The molecular weight excluding hydrogens is 496 g/mol. The van der Waals surface area contributed by atoms with Crippen molar-refractivity contribution in [2.75, 3.05) is 17.1 Å². The highest BCUT2D eigenvalue weighted by Crippen LogP contribution is 2.24. The second kappa shape index (κ2) is 12.2. The summed E-state index contributed by atoms with van der Waals surface area (Å²) in [6.07, 6.45) is 5.93. The normalized spacial score (nSPS) is 15.0. The van der Waals surface area contributed by atoms with Crippen LogP contribution in [0.3, 0.4) is 0 Å². The number of benzene rings is 2. The molecule has 2 aromatic rings. The number of carbonyl (C=O) groups excluding carboxylic acids is 2. The number of anilines is 1. The summed E-state index contributed by atoms with van der Waals surface area (Å²) in [6, 6.07) is 11.8. The van der Waals surface area contributed by atoms with Gasteiger partial charge in [-0.1, -0.05) is 49.6 Å². The second-order valence-electron chi connectivity index (χ2n) is 9.51. The molecule has 1 fully saturated rings. The van der Waals surface area contributed by atoms with Crippen LogP contribution in [0.15, 0.2) is 48.5 Å². The molecule has 1 N–H and O–H groups in total. The molecule has 2 amide bonds. The van der Waals surface area contributed by atoms with Gasteiger partial charge in [0.15, 0.2) is 0 Å². The molecule has 0 heterocycles. The van der Waals surface area contributed by atoms with Crippen molar-refractivity contribution in [2.24, 2.45) is 0 Å². The minimum absolute atomic E-state index is 0.000187. The van der Waals surface area contributed by atoms with Crippen LogP contribution in [-0.4, -0.2) is 54.9 Å². The Morgan fingerprint density at radius 3 is 2.41 bits per heavy atom. The van der Waals surface area contributed by atoms with Crippen LogP contribution >= 0.6 is 0 Å². The van der Waals surface area contributed by atoms with Crippen molar-refractivity contribution in [1.82, 2.24) is 10.2 Å². The smallest absolute Gasteiger partial charge is 0.271 e. The predicted octanol–water partition coefficient (Wildman–Crippen LogP) is 3.54. The lowest BCUT2D eigenvalue weighted by Gasteiger charge is -2.33. The van der Waals surface area contributed by atoms with Gasteiger partial charge in [-0.15, -0.1) is 0 Å². The Hall–Kier alpha value is -3.47. The van der Waals surface area contributed by atoms with E-state index in [0.717, 1.165) is 59.9 Å². The predicted molar refractivity (Wildman–Crippen MR) is 141 cm³/mol. The first-order chi connectivity index (χ1) is 17.5. The van der Waals surface area contributed by atoms with E-state index in [2.05, 4.69) is 5.32 Å². The van der Waals surface area contributed by atoms with Gasteiger partial charge in [-0.2, -0.15) is 0 Å². The molecule has 1 aliphatic rings. The fourth-order valence-corrected chi connectivity index (χ4v) is 5.34. The zero-order valence-electron chi connectivity index (χ0n) is 21.4. The van der Waals surface area contributed by atoms with Gasteiger partial charge in [0.25, 0.3) is 5.69 Å². The number of nitro groups is 1. The van der Waals surface area contributed by atoms with Gasteiger partial charge in [0.2, 0.25) is 21.8 Å². The number of rotatable bonds is 10. The molecule has 11 heteroatoms. The largest absolute Gasteiger partial charge is 0.352 e. The molecule has 0 aliphatic heterocycles. The minimum Gasteiger partial charge on any atom is -0.352 e. The fraction of sp³-hybridized carbons (Fsp3) is 0.462. The van der Waals surface area contributed by atoms with E-state index in [1.54, 1.807) is 6.92 Å². The summed E-state index contributed by atoms with van der Waals surface area (Å²) in [7, 11) is -3.98. The Kier molecular flexibility index (Phi) is 9.25. The number of amides is 2. The van der Waals surface area contributed by atoms with Crippen molar-refractivity contribution in [3.63, 3.8) is 0 Å². The van der Waals surface area contributed by atoms with Gasteiger partial charge in [0, 0.05) is 24.7 Å². The van der Waals surface area contributed by atoms with E-state index in [1.807, 2.05) is 31.2 Å². The monoisotopic (exact) mass is 530 g/mol. The van der Waals surface area contributed by atoms with Crippen LogP contribution in [0.25, 0.3) is 0 Å². The highest BCUT2D eigenvalue weighted by Gasteiger charge is 2.31. The first-order valence-electron chi connectivity index (χ1n) is 12.3. The third-order valence-electron chi connectivity index (χ3n) is 6.73. The molecule has 200 valence electrons. The van der Waals surface area contributed by atoms with Gasteiger partial charge >= 0.3 is 0 Å². The molecule has 0 aromatic heterocycles. The van der Waals surface area contributed by atoms with Crippen LogP contribution < -0.4 is 9.62 Å². The Labute approximate surface area is 217 Å². The van der Waals surface area contributed by atoms with Crippen molar-refractivity contribution in [3.05, 3.63) is 69.8 Å². The Morgan fingerprint density at radius 2 is 1.78 bits per heavy atom. The van der Waals surface area contributed by atoms with Crippen LogP contribution in [0.2, 0.25) is 0 Å². The summed E-state index contributed by atoms with van der Waals surface area (Å²) in [5.41, 5.74) is 1.46. The van der Waals surface area contributed by atoms with E-state index in [0.29, 0.717) is 0 Å². The van der Waals surface area contributed by atoms with Crippen LogP contribution in [0.4, 0.5) is 11.4 Å². The molecule has 0 saturated heterocycles. The van der Waals surface area contributed by atoms with E-state index < -0.39 is 33.4 Å². The Bertz CT molecular complexity index is 1240. The molecule has 0 bridgehead atoms. The molecule has 3 rings (SSSR count). The fourth-order valence-electron chi connectivity index (χ4n) is 4.50. The highest BCUT2D eigenvalue weighted by atomic mass is 32.2. The van der Waals surface area contributed by atoms with Crippen molar-refractivity contribution >= 4 is 33.2 Å². The molecule has 1 unspecified atom stereocenters. The molecule has 10 nitrogen and oxygen atoms in total. The van der Waals surface area contributed by atoms with E-state index in [4.69, 9.17) is 0 Å². The maximum absolute atomic E-state index is 13.7. The maximum atomic E-state index is 13.7. The zero-order valence-corrected chi connectivity index (χ0v) is 22.2. The van der Waals surface area contributed by atoms with Gasteiger partial charge in [-0.05, 0) is 43.9 Å². The molecular formula is C26H34N4O6S. The van der Waals surface area contributed by atoms with Crippen LogP contribution in [-0.2, 0) is 26.2 Å². The summed E-state index contributed by atoms with van der Waals surface area (Å²) < 4.78 is 26.1. The summed E-state index contributed by atoms with van der Waals surface area (Å²) >= 11 is 0. The van der Waals surface area contributed by atoms with Crippen LogP contribution in [0.1, 0.15) is 50.2 Å². The first-order valence-corrected chi connectivity index (χ1v) is 14.2. The lowest BCUT2D eigenvalue weighted by molar-refractivity contribution is -0.384. The maximum Gasteiger partial charge on any atom is 0.271 e. The van der Waals surface area contributed by atoms with Gasteiger partial charge in [-0.25, -0.2) is 8.42 Å². The summed E-state index contributed by atoms with van der Waals surface area (Å²) in [5.74, 6) is -0.887. The van der Waals surface area contributed by atoms with Crippen molar-refractivity contribution in [1.29, 1.82) is 0 Å². The number of sulfonamides is 1. The molecule has 2 aromatic carbocycles. The first kappa shape index (κ1) is 28.1. The number of nitrogens with zero attached hydrogens (tertiary/aromatic N) is 3. The number of aryl methyl sites for hydroxylation is 1. The second-order valence-corrected chi connectivity index (χ2v) is 11.4. The molecule has 1 aliphatic carbocycles. The summed E-state index contributed by atoms with van der Waals surface area (Å²) in [6.45, 7) is 3.04. The van der Waals surface area contributed by atoms with Gasteiger partial charge in [-0.3, -0.25) is 24.0 Å². The number of non-ortho nitro benzene ring substituents is 1. The van der Waals surface area contributed by atoms with E-state index >= 15 is 0 Å². The van der Waals surface area contributed by atoms with Crippen molar-refractivity contribution in [3.8, 4) is 0 Å². The third-order valence-corrected chi connectivity index (χ3v) is 7.87. The van der Waals surface area contributed by atoms with Crippen molar-refractivity contribution < 1.29 is 22.9 Å². The molecule has 37 heavy (non-hydrogen) atoms. The lowest BCUT2D eigenvalue weighted by atomic mass is 9.95. The number of carbonyl (C=O) groups is 2. The minimum atomic E-state index is -3.98. The van der Waals surface area contributed by atoms with Gasteiger partial charge in [0.05, 0.1) is 16.9 Å². The summed E-state index contributed by atoms with van der Waals surface area (Å²) in [5, 5.41) is 14.3. The van der Waals surface area contributed by atoms with E-state index in [1.165, 1.54) is 23.1 Å². The topological polar surface area (TPSA) is 130 Å². The average molecular weight is 531 g/mol. The number of hydrogen-bond acceptors (Lipinski definition) is 6. The van der Waals surface area contributed by atoms with E-state index in [9.17, 15) is 28.1 Å². The van der Waals surface area contributed by atoms with Gasteiger partial charge in [0.1, 0.15) is 12.6 Å². The Morgan fingerprint density at radius 1 is 1.11 bits per heavy atom.